The summed E-state index contributed by atoms with van der Waals surface area (Å²) in [5.74, 6) is -0.914. The molecule has 0 aliphatic rings. The fraction of sp³-hybridized carbons (Fsp3) is 0.308. The van der Waals surface area contributed by atoms with Crippen LogP contribution < -0.4 is 0 Å². The molecular formula is C13H13Cl2N3O2. The van der Waals surface area contributed by atoms with Crippen molar-refractivity contribution in [3.8, 4) is 5.69 Å². The normalized spacial score (nSPS) is 10.8. The molecule has 0 atom stereocenters. The van der Waals surface area contributed by atoms with Crippen LogP contribution in [0.1, 0.15) is 35.4 Å². The average molecular weight is 314 g/mol. The standard InChI is InChI=1S/C13H13Cl2N3O2/c1-3-4-9-16-12(13(19)20)17-18(9)11-8(14)6-5-7(2)10(11)15/h5-6H,3-4H2,1-2H3,(H,19,20). The van der Waals surface area contributed by atoms with E-state index >= 15 is 0 Å². The third-order valence-corrected chi connectivity index (χ3v) is 3.59. The van der Waals surface area contributed by atoms with Crippen LogP contribution in [0.25, 0.3) is 5.69 Å². The molecule has 106 valence electrons. The molecule has 5 nitrogen and oxygen atoms in total. The molecule has 0 unspecified atom stereocenters. The summed E-state index contributed by atoms with van der Waals surface area (Å²) in [6.45, 7) is 3.82. The lowest BCUT2D eigenvalue weighted by Crippen LogP contribution is -2.06. The zero-order valence-electron chi connectivity index (χ0n) is 11.0. The van der Waals surface area contributed by atoms with Gasteiger partial charge in [-0.25, -0.2) is 14.5 Å². The van der Waals surface area contributed by atoms with Crippen LogP contribution in [0.2, 0.25) is 10.0 Å². The van der Waals surface area contributed by atoms with Gasteiger partial charge in [0.2, 0.25) is 0 Å². The average Bonchev–Trinajstić information content (AvgIpc) is 2.79. The molecule has 0 spiro atoms. The number of nitrogens with zero attached hydrogens (tertiary/aromatic N) is 3. The van der Waals surface area contributed by atoms with Crippen molar-refractivity contribution in [1.29, 1.82) is 0 Å². The fourth-order valence-corrected chi connectivity index (χ4v) is 2.37. The Morgan fingerprint density at radius 2 is 2.10 bits per heavy atom. The highest BCUT2D eigenvalue weighted by atomic mass is 35.5. The Labute approximate surface area is 126 Å². The molecule has 2 rings (SSSR count). The third kappa shape index (κ3) is 2.64. The lowest BCUT2D eigenvalue weighted by molar-refractivity contribution is 0.0683. The van der Waals surface area contributed by atoms with Crippen LogP contribution in [-0.4, -0.2) is 25.8 Å². The van der Waals surface area contributed by atoms with E-state index in [-0.39, 0.29) is 5.82 Å². The molecule has 1 N–H and O–H groups in total. The van der Waals surface area contributed by atoms with Crippen molar-refractivity contribution in [2.75, 3.05) is 0 Å². The molecule has 0 bridgehead atoms. The van der Waals surface area contributed by atoms with Gasteiger partial charge in [0.15, 0.2) is 0 Å². The monoisotopic (exact) mass is 313 g/mol. The van der Waals surface area contributed by atoms with Crippen molar-refractivity contribution in [1.82, 2.24) is 14.8 Å². The topological polar surface area (TPSA) is 68.0 Å². The first kappa shape index (κ1) is 14.8. The summed E-state index contributed by atoms with van der Waals surface area (Å²) in [6, 6.07) is 3.50. The van der Waals surface area contributed by atoms with Gasteiger partial charge in [-0.3, -0.25) is 0 Å². The zero-order chi connectivity index (χ0) is 14.9. The van der Waals surface area contributed by atoms with Gasteiger partial charge in [-0.1, -0.05) is 36.2 Å². The second-order valence-electron chi connectivity index (χ2n) is 4.35. The Balaban J connectivity index is 2.68. The quantitative estimate of drug-likeness (QED) is 0.937. The van der Waals surface area contributed by atoms with Crippen LogP contribution in [0.15, 0.2) is 12.1 Å². The highest BCUT2D eigenvalue weighted by Gasteiger charge is 2.20. The van der Waals surface area contributed by atoms with Crippen molar-refractivity contribution in [3.63, 3.8) is 0 Å². The van der Waals surface area contributed by atoms with E-state index < -0.39 is 5.97 Å². The minimum Gasteiger partial charge on any atom is -0.475 e. The van der Waals surface area contributed by atoms with Gasteiger partial charge >= 0.3 is 5.97 Å². The maximum Gasteiger partial charge on any atom is 0.375 e. The van der Waals surface area contributed by atoms with Crippen molar-refractivity contribution in [2.45, 2.75) is 26.7 Å². The minimum absolute atomic E-state index is 0.262. The molecule has 0 saturated heterocycles. The third-order valence-electron chi connectivity index (χ3n) is 2.81. The SMILES string of the molecule is CCCc1nc(C(=O)O)nn1-c1c(Cl)ccc(C)c1Cl. The van der Waals surface area contributed by atoms with Crippen LogP contribution in [0.3, 0.4) is 0 Å². The van der Waals surface area contributed by atoms with Gasteiger partial charge in [0.1, 0.15) is 11.5 Å². The first-order valence-electron chi connectivity index (χ1n) is 6.10. The minimum atomic E-state index is -1.18. The van der Waals surface area contributed by atoms with Crippen LogP contribution in [0.4, 0.5) is 0 Å². The maximum absolute atomic E-state index is 11.0. The summed E-state index contributed by atoms with van der Waals surface area (Å²) in [7, 11) is 0. The zero-order valence-corrected chi connectivity index (χ0v) is 12.5. The molecule has 0 fully saturated rings. The second kappa shape index (κ2) is 5.81. The molecule has 0 radical (unpaired) electrons. The molecule has 1 aromatic heterocycles. The number of aromatic carboxylic acids is 1. The van der Waals surface area contributed by atoms with Crippen molar-refractivity contribution in [3.05, 3.63) is 39.4 Å². The molecule has 7 heteroatoms. The molecule has 0 aliphatic carbocycles. The van der Waals surface area contributed by atoms with Crippen molar-refractivity contribution in [2.24, 2.45) is 0 Å². The Kier molecular flexibility index (Phi) is 4.30. The summed E-state index contributed by atoms with van der Waals surface area (Å²) in [4.78, 5) is 15.1. The number of benzene rings is 1. The molecule has 0 amide bonds. The summed E-state index contributed by atoms with van der Waals surface area (Å²) in [5.41, 5.74) is 1.30. The van der Waals surface area contributed by atoms with E-state index in [1.165, 1.54) is 4.68 Å². The smallest absolute Gasteiger partial charge is 0.375 e. The van der Waals surface area contributed by atoms with Crippen LogP contribution in [0.5, 0.6) is 0 Å². The summed E-state index contributed by atoms with van der Waals surface area (Å²) < 4.78 is 1.42. The summed E-state index contributed by atoms with van der Waals surface area (Å²) in [5, 5.41) is 13.9. The fourth-order valence-electron chi connectivity index (χ4n) is 1.84. The number of hydrogen-bond donors (Lipinski definition) is 1. The van der Waals surface area contributed by atoms with Gasteiger partial charge in [-0.15, -0.1) is 5.10 Å². The van der Waals surface area contributed by atoms with Gasteiger partial charge in [-0.2, -0.15) is 0 Å². The van der Waals surface area contributed by atoms with E-state index in [1.807, 2.05) is 13.8 Å². The maximum atomic E-state index is 11.0. The van der Waals surface area contributed by atoms with Crippen LogP contribution in [0, 0.1) is 6.92 Å². The highest BCUT2D eigenvalue weighted by molar-refractivity contribution is 6.38. The molecular weight excluding hydrogens is 301 g/mol. The van der Waals surface area contributed by atoms with E-state index in [4.69, 9.17) is 28.3 Å². The molecule has 0 aliphatic heterocycles. The molecule has 0 saturated carbocycles. The van der Waals surface area contributed by atoms with Gasteiger partial charge in [-0.05, 0) is 25.0 Å². The molecule has 1 heterocycles. The number of carbonyl (C=O) groups is 1. The van der Waals surface area contributed by atoms with E-state index in [9.17, 15) is 4.79 Å². The predicted octanol–water partition coefficient (Wildman–Crippen LogP) is 3.53. The second-order valence-corrected chi connectivity index (χ2v) is 5.13. The van der Waals surface area contributed by atoms with E-state index in [0.717, 1.165) is 12.0 Å². The molecule has 20 heavy (non-hydrogen) atoms. The molecule has 2 aromatic rings. The van der Waals surface area contributed by atoms with E-state index in [1.54, 1.807) is 12.1 Å². The lowest BCUT2D eigenvalue weighted by atomic mass is 10.2. The number of aryl methyl sites for hydroxylation is 2. The summed E-state index contributed by atoms with van der Waals surface area (Å²) >= 11 is 12.5. The number of halogens is 2. The van der Waals surface area contributed by atoms with E-state index in [2.05, 4.69) is 10.1 Å². The first-order valence-corrected chi connectivity index (χ1v) is 6.85. The highest BCUT2D eigenvalue weighted by Crippen LogP contribution is 2.31. The number of hydrogen-bond acceptors (Lipinski definition) is 3. The Hall–Kier alpha value is -1.59. The van der Waals surface area contributed by atoms with Gasteiger partial charge in [0, 0.05) is 6.42 Å². The number of rotatable bonds is 4. The van der Waals surface area contributed by atoms with Crippen molar-refractivity contribution >= 4 is 29.2 Å². The Morgan fingerprint density at radius 3 is 2.70 bits per heavy atom. The van der Waals surface area contributed by atoms with Gasteiger partial charge < -0.3 is 5.11 Å². The summed E-state index contributed by atoms with van der Waals surface area (Å²) in [6.07, 6.45) is 1.39. The molecule has 1 aromatic carbocycles. The Morgan fingerprint density at radius 1 is 1.40 bits per heavy atom. The largest absolute Gasteiger partial charge is 0.475 e. The predicted molar refractivity (Wildman–Crippen MR) is 77.1 cm³/mol. The van der Waals surface area contributed by atoms with E-state index in [0.29, 0.717) is 28.0 Å². The first-order chi connectivity index (χ1) is 9.45. The number of carboxylic acid groups (broad SMARTS) is 1. The lowest BCUT2D eigenvalue weighted by Gasteiger charge is -2.11. The Bertz CT molecular complexity index is 668. The van der Waals surface area contributed by atoms with Gasteiger partial charge in [0.05, 0.1) is 10.0 Å². The van der Waals surface area contributed by atoms with Gasteiger partial charge in [0.25, 0.3) is 5.82 Å². The van der Waals surface area contributed by atoms with Crippen LogP contribution >= 0.6 is 23.2 Å². The number of carboxylic acids is 1. The van der Waals surface area contributed by atoms with Crippen molar-refractivity contribution < 1.29 is 9.90 Å². The number of aromatic nitrogens is 3. The van der Waals surface area contributed by atoms with Crippen LogP contribution in [-0.2, 0) is 6.42 Å².